The molecular formula is C19H18O2S. The molecule has 3 aromatic rings. The van der Waals surface area contributed by atoms with E-state index in [1.807, 2.05) is 24.3 Å². The third-order valence-corrected chi connectivity index (χ3v) is 4.62. The zero-order chi connectivity index (χ0) is 15.4. The Kier molecular flexibility index (Phi) is 4.45. The van der Waals surface area contributed by atoms with Crippen molar-refractivity contribution in [2.24, 2.45) is 0 Å². The van der Waals surface area contributed by atoms with Crippen LogP contribution in [0, 0.1) is 0 Å². The first-order chi connectivity index (χ1) is 10.8. The molecule has 0 aliphatic carbocycles. The zero-order valence-electron chi connectivity index (χ0n) is 12.7. The lowest BCUT2D eigenvalue weighted by atomic mass is 9.89. The number of rotatable bonds is 5. The predicted octanol–water partition coefficient (Wildman–Crippen LogP) is 4.95. The fraction of sp³-hybridized carbons (Fsp3) is 0.158. The topological polar surface area (TPSA) is 18.5 Å². The molecule has 0 saturated heterocycles. The molecule has 3 heteroatoms. The first kappa shape index (κ1) is 14.7. The Hall–Kier alpha value is -2.26. The average Bonchev–Trinajstić information content (AvgIpc) is 3.09. The summed E-state index contributed by atoms with van der Waals surface area (Å²) in [5.74, 6) is 1.94. The second-order valence-corrected chi connectivity index (χ2v) is 5.98. The first-order valence-electron chi connectivity index (χ1n) is 7.13. The van der Waals surface area contributed by atoms with Gasteiger partial charge in [-0.3, -0.25) is 0 Å². The average molecular weight is 310 g/mol. The minimum Gasteiger partial charge on any atom is -0.497 e. The molecule has 0 radical (unpaired) electrons. The molecule has 1 aromatic heterocycles. The Balaban J connectivity index is 2.11. The molecule has 0 aliphatic rings. The number of benzene rings is 2. The molecule has 0 amide bonds. The van der Waals surface area contributed by atoms with Crippen molar-refractivity contribution in [3.63, 3.8) is 0 Å². The van der Waals surface area contributed by atoms with Crippen molar-refractivity contribution in [1.29, 1.82) is 0 Å². The number of hydrogen-bond donors (Lipinski definition) is 0. The Bertz CT molecular complexity index is 687. The van der Waals surface area contributed by atoms with Gasteiger partial charge in [-0.2, -0.15) is 0 Å². The van der Waals surface area contributed by atoms with Gasteiger partial charge in [0, 0.05) is 10.8 Å². The molecule has 1 heterocycles. The number of thiophene rings is 1. The van der Waals surface area contributed by atoms with E-state index in [9.17, 15) is 0 Å². The summed E-state index contributed by atoms with van der Waals surface area (Å²) in [5, 5.41) is 2.11. The summed E-state index contributed by atoms with van der Waals surface area (Å²) in [6, 6.07) is 20.8. The second-order valence-electron chi connectivity index (χ2n) is 5.00. The summed E-state index contributed by atoms with van der Waals surface area (Å²) in [6.07, 6.45) is 0. The van der Waals surface area contributed by atoms with Crippen LogP contribution in [0.4, 0.5) is 0 Å². The van der Waals surface area contributed by atoms with Crippen LogP contribution in [-0.4, -0.2) is 14.2 Å². The molecule has 0 saturated carbocycles. The van der Waals surface area contributed by atoms with Gasteiger partial charge in [-0.15, -0.1) is 11.3 Å². The number of ether oxygens (including phenoxy) is 2. The highest BCUT2D eigenvalue weighted by atomic mass is 32.1. The Morgan fingerprint density at radius 2 is 1.36 bits per heavy atom. The van der Waals surface area contributed by atoms with Crippen LogP contribution in [0.3, 0.4) is 0 Å². The monoisotopic (exact) mass is 310 g/mol. The number of methoxy groups -OCH3 is 2. The van der Waals surface area contributed by atoms with Gasteiger partial charge in [0.25, 0.3) is 0 Å². The van der Waals surface area contributed by atoms with Crippen LogP contribution >= 0.6 is 11.3 Å². The van der Waals surface area contributed by atoms with E-state index in [0.717, 1.165) is 11.5 Å². The maximum Gasteiger partial charge on any atom is 0.119 e. The van der Waals surface area contributed by atoms with Gasteiger partial charge in [-0.1, -0.05) is 30.3 Å². The molecule has 0 fully saturated rings. The lowest BCUT2D eigenvalue weighted by molar-refractivity contribution is 0.413. The Morgan fingerprint density at radius 3 is 1.82 bits per heavy atom. The van der Waals surface area contributed by atoms with Crippen molar-refractivity contribution in [2.45, 2.75) is 5.92 Å². The van der Waals surface area contributed by atoms with E-state index in [2.05, 4.69) is 41.8 Å². The van der Waals surface area contributed by atoms with Crippen molar-refractivity contribution in [1.82, 2.24) is 0 Å². The molecular weight excluding hydrogens is 292 g/mol. The van der Waals surface area contributed by atoms with Crippen LogP contribution in [0.15, 0.2) is 66.0 Å². The van der Waals surface area contributed by atoms with Gasteiger partial charge in [0.1, 0.15) is 11.5 Å². The van der Waals surface area contributed by atoms with Gasteiger partial charge in [0.2, 0.25) is 0 Å². The van der Waals surface area contributed by atoms with E-state index < -0.39 is 0 Å². The minimum atomic E-state index is 0.185. The highest BCUT2D eigenvalue weighted by Gasteiger charge is 2.18. The summed E-state index contributed by atoms with van der Waals surface area (Å²) in [5.41, 5.74) is 2.44. The molecule has 0 N–H and O–H groups in total. The van der Waals surface area contributed by atoms with Crippen LogP contribution in [-0.2, 0) is 0 Å². The van der Waals surface area contributed by atoms with Crippen LogP contribution in [0.1, 0.15) is 21.9 Å². The molecule has 22 heavy (non-hydrogen) atoms. The summed E-state index contributed by atoms with van der Waals surface area (Å²) < 4.78 is 10.8. The fourth-order valence-corrected chi connectivity index (χ4v) is 3.50. The van der Waals surface area contributed by atoms with Gasteiger partial charge in [-0.25, -0.2) is 0 Å². The van der Waals surface area contributed by atoms with Gasteiger partial charge in [0.05, 0.1) is 14.2 Å². The molecule has 0 aliphatic heterocycles. The Labute approximate surface area is 135 Å². The highest BCUT2D eigenvalue weighted by molar-refractivity contribution is 7.10. The zero-order valence-corrected chi connectivity index (χ0v) is 13.5. The van der Waals surface area contributed by atoms with Crippen molar-refractivity contribution in [3.05, 3.63) is 82.0 Å². The van der Waals surface area contributed by atoms with Crippen LogP contribution < -0.4 is 9.47 Å². The van der Waals surface area contributed by atoms with Crippen molar-refractivity contribution < 1.29 is 9.47 Å². The predicted molar refractivity (Wildman–Crippen MR) is 91.3 cm³/mol. The van der Waals surface area contributed by atoms with E-state index in [1.165, 1.54) is 16.0 Å². The molecule has 0 atom stereocenters. The summed E-state index contributed by atoms with van der Waals surface area (Å²) >= 11 is 1.77. The highest BCUT2D eigenvalue weighted by Crippen LogP contribution is 2.36. The standard InChI is InChI=1S/C19H18O2S/c1-20-16-8-3-6-14(12-16)19(18-10-5-11-22-18)15-7-4-9-17(13-15)21-2/h3-13,19H,1-2H3. The third-order valence-electron chi connectivity index (χ3n) is 3.68. The summed E-state index contributed by atoms with van der Waals surface area (Å²) in [6.45, 7) is 0. The molecule has 0 spiro atoms. The molecule has 2 nitrogen and oxygen atoms in total. The first-order valence-corrected chi connectivity index (χ1v) is 8.01. The van der Waals surface area contributed by atoms with Crippen LogP contribution in [0.2, 0.25) is 0 Å². The summed E-state index contributed by atoms with van der Waals surface area (Å²) in [4.78, 5) is 1.31. The quantitative estimate of drug-likeness (QED) is 0.664. The normalized spacial score (nSPS) is 10.7. The van der Waals surface area contributed by atoms with Crippen LogP contribution in [0.25, 0.3) is 0 Å². The van der Waals surface area contributed by atoms with Gasteiger partial charge in [-0.05, 0) is 46.8 Å². The lowest BCUT2D eigenvalue weighted by Crippen LogP contribution is -2.02. The minimum absolute atomic E-state index is 0.185. The number of hydrogen-bond acceptors (Lipinski definition) is 3. The molecule has 2 aromatic carbocycles. The van der Waals surface area contributed by atoms with E-state index in [0.29, 0.717) is 0 Å². The maximum absolute atomic E-state index is 5.38. The van der Waals surface area contributed by atoms with E-state index in [4.69, 9.17) is 9.47 Å². The maximum atomic E-state index is 5.38. The van der Waals surface area contributed by atoms with E-state index >= 15 is 0 Å². The SMILES string of the molecule is COc1cccc(C(c2cccc(OC)c2)c2cccs2)c1. The fourth-order valence-electron chi connectivity index (χ4n) is 2.62. The van der Waals surface area contributed by atoms with E-state index in [1.54, 1.807) is 25.6 Å². The largest absolute Gasteiger partial charge is 0.497 e. The van der Waals surface area contributed by atoms with Crippen LogP contribution in [0.5, 0.6) is 11.5 Å². The van der Waals surface area contributed by atoms with Gasteiger partial charge >= 0.3 is 0 Å². The lowest BCUT2D eigenvalue weighted by Gasteiger charge is -2.18. The molecule has 3 rings (SSSR count). The van der Waals surface area contributed by atoms with Gasteiger partial charge in [0.15, 0.2) is 0 Å². The Morgan fingerprint density at radius 1 is 0.773 bits per heavy atom. The third kappa shape index (κ3) is 3.00. The molecule has 0 unspecified atom stereocenters. The second kappa shape index (κ2) is 6.67. The summed E-state index contributed by atoms with van der Waals surface area (Å²) in [7, 11) is 3.40. The van der Waals surface area contributed by atoms with Crippen molar-refractivity contribution in [3.8, 4) is 11.5 Å². The molecule has 0 bridgehead atoms. The smallest absolute Gasteiger partial charge is 0.119 e. The van der Waals surface area contributed by atoms with Crippen molar-refractivity contribution >= 4 is 11.3 Å². The molecule has 112 valence electrons. The van der Waals surface area contributed by atoms with Gasteiger partial charge < -0.3 is 9.47 Å². The van der Waals surface area contributed by atoms with E-state index in [-0.39, 0.29) is 5.92 Å². The van der Waals surface area contributed by atoms with Crippen molar-refractivity contribution in [2.75, 3.05) is 14.2 Å².